The summed E-state index contributed by atoms with van der Waals surface area (Å²) in [7, 11) is 0. The van der Waals surface area contributed by atoms with Crippen LogP contribution in [-0.4, -0.2) is 23.7 Å². The topological polar surface area (TPSA) is 69.6 Å². The lowest BCUT2D eigenvalue weighted by molar-refractivity contribution is -0.116. The summed E-state index contributed by atoms with van der Waals surface area (Å²) in [4.78, 5) is 23.7. The lowest BCUT2D eigenvalue weighted by atomic mass is 10.2. The number of hydrogen-bond donors (Lipinski definition) is 1. The molecule has 1 amide bonds. The summed E-state index contributed by atoms with van der Waals surface area (Å²) < 4.78 is 12.8. The van der Waals surface area contributed by atoms with Gasteiger partial charge in [0.05, 0.1) is 13.2 Å². The van der Waals surface area contributed by atoms with Crippen molar-refractivity contribution in [2.24, 2.45) is 0 Å². The van der Waals surface area contributed by atoms with Crippen molar-refractivity contribution in [1.82, 2.24) is 4.57 Å². The van der Waals surface area contributed by atoms with Gasteiger partial charge in [-0.3, -0.25) is 9.59 Å². The largest absolute Gasteiger partial charge is 0.490 e. The van der Waals surface area contributed by atoms with Crippen LogP contribution >= 0.6 is 11.3 Å². The molecular formula is C16H18N2O4S. The minimum Gasteiger partial charge on any atom is -0.490 e. The normalized spacial score (nSPS) is 13.4. The Hall–Kier alpha value is -2.28. The van der Waals surface area contributed by atoms with E-state index in [0.717, 1.165) is 23.5 Å². The van der Waals surface area contributed by atoms with E-state index < -0.39 is 0 Å². The van der Waals surface area contributed by atoms with Crippen LogP contribution in [-0.2, 0) is 11.3 Å². The second-order valence-corrected chi connectivity index (χ2v) is 6.13. The number of hydrogen-bond acceptors (Lipinski definition) is 5. The van der Waals surface area contributed by atoms with E-state index >= 15 is 0 Å². The molecule has 0 saturated carbocycles. The standard InChI is InChI=1S/C16H18N2O4S/c1-11-10-23-16(20)18(11)6-5-15(19)17-12-3-4-13-14(9-12)22-8-2-7-21-13/h3-4,9-10H,2,5-8H2,1H3,(H,17,19). The number of nitrogens with zero attached hydrogens (tertiary/aromatic N) is 1. The molecule has 7 heteroatoms. The molecular weight excluding hydrogens is 316 g/mol. The first-order valence-electron chi connectivity index (χ1n) is 7.48. The predicted molar refractivity (Wildman–Crippen MR) is 88.6 cm³/mol. The van der Waals surface area contributed by atoms with Crippen molar-refractivity contribution in [2.45, 2.75) is 26.3 Å². The smallest absolute Gasteiger partial charge is 0.307 e. The third-order valence-corrected chi connectivity index (χ3v) is 4.45. The number of amides is 1. The van der Waals surface area contributed by atoms with E-state index in [1.807, 2.05) is 6.92 Å². The van der Waals surface area contributed by atoms with E-state index in [0.29, 0.717) is 36.9 Å². The maximum absolute atomic E-state index is 12.1. The van der Waals surface area contributed by atoms with Gasteiger partial charge in [-0.25, -0.2) is 0 Å². The van der Waals surface area contributed by atoms with Crippen LogP contribution in [0.4, 0.5) is 5.69 Å². The van der Waals surface area contributed by atoms with Gasteiger partial charge in [0.2, 0.25) is 5.91 Å². The molecule has 0 fully saturated rings. The molecule has 6 nitrogen and oxygen atoms in total. The summed E-state index contributed by atoms with van der Waals surface area (Å²) in [5.41, 5.74) is 1.54. The first-order chi connectivity index (χ1) is 11.1. The fourth-order valence-corrected chi connectivity index (χ4v) is 3.11. The number of carbonyl (C=O) groups excluding carboxylic acids is 1. The van der Waals surface area contributed by atoms with Crippen LogP contribution < -0.4 is 19.7 Å². The summed E-state index contributed by atoms with van der Waals surface area (Å²) in [6, 6.07) is 5.35. The maximum Gasteiger partial charge on any atom is 0.307 e. The average molecular weight is 334 g/mol. The van der Waals surface area contributed by atoms with Gasteiger partial charge in [0, 0.05) is 42.2 Å². The number of aromatic nitrogens is 1. The van der Waals surface area contributed by atoms with Crippen molar-refractivity contribution in [3.8, 4) is 11.5 Å². The fraction of sp³-hybridized carbons (Fsp3) is 0.375. The van der Waals surface area contributed by atoms with Crippen molar-refractivity contribution in [1.29, 1.82) is 0 Å². The van der Waals surface area contributed by atoms with Gasteiger partial charge in [-0.15, -0.1) is 0 Å². The Morgan fingerprint density at radius 3 is 2.83 bits per heavy atom. The summed E-state index contributed by atoms with van der Waals surface area (Å²) in [6.07, 6.45) is 1.08. The molecule has 0 unspecified atom stereocenters. The zero-order valence-corrected chi connectivity index (χ0v) is 13.6. The first kappa shape index (κ1) is 15.6. The zero-order chi connectivity index (χ0) is 16.2. The number of carbonyl (C=O) groups is 1. The van der Waals surface area contributed by atoms with Gasteiger partial charge in [-0.05, 0) is 19.1 Å². The number of fused-ring (bicyclic) bond motifs is 1. The Kier molecular flexibility index (Phi) is 4.66. The minimum atomic E-state index is -0.142. The van der Waals surface area contributed by atoms with Gasteiger partial charge in [-0.2, -0.15) is 0 Å². The Morgan fingerprint density at radius 2 is 2.09 bits per heavy atom. The van der Waals surface area contributed by atoms with Crippen LogP contribution in [0.25, 0.3) is 0 Å². The summed E-state index contributed by atoms with van der Waals surface area (Å²) in [5, 5.41) is 4.62. The monoisotopic (exact) mass is 334 g/mol. The van der Waals surface area contributed by atoms with Gasteiger partial charge < -0.3 is 19.4 Å². The van der Waals surface area contributed by atoms with Crippen molar-refractivity contribution in [2.75, 3.05) is 18.5 Å². The molecule has 2 aromatic rings. The quantitative estimate of drug-likeness (QED) is 0.932. The van der Waals surface area contributed by atoms with Crippen LogP contribution in [0.1, 0.15) is 18.5 Å². The second-order valence-electron chi connectivity index (χ2n) is 5.30. The van der Waals surface area contributed by atoms with E-state index in [2.05, 4.69) is 5.32 Å². The third-order valence-electron chi connectivity index (χ3n) is 3.57. The second kappa shape index (κ2) is 6.87. The summed E-state index contributed by atoms with van der Waals surface area (Å²) in [6.45, 7) is 3.47. The number of anilines is 1. The van der Waals surface area contributed by atoms with Crippen LogP contribution in [0.3, 0.4) is 0 Å². The fourth-order valence-electron chi connectivity index (χ4n) is 2.35. The first-order valence-corrected chi connectivity index (χ1v) is 8.36. The van der Waals surface area contributed by atoms with Crippen LogP contribution in [0.15, 0.2) is 28.4 Å². The Morgan fingerprint density at radius 1 is 1.30 bits per heavy atom. The molecule has 1 aliphatic heterocycles. The highest BCUT2D eigenvalue weighted by Gasteiger charge is 2.12. The van der Waals surface area contributed by atoms with Gasteiger partial charge >= 0.3 is 4.87 Å². The number of benzene rings is 1. The molecule has 2 heterocycles. The highest BCUT2D eigenvalue weighted by molar-refractivity contribution is 7.07. The van der Waals surface area contributed by atoms with Gasteiger partial charge in [0.1, 0.15) is 0 Å². The van der Waals surface area contributed by atoms with E-state index in [9.17, 15) is 9.59 Å². The van der Waals surface area contributed by atoms with Gasteiger partial charge in [-0.1, -0.05) is 11.3 Å². The number of ether oxygens (including phenoxy) is 2. The average Bonchev–Trinajstić information content (AvgIpc) is 2.74. The molecule has 0 saturated heterocycles. The highest BCUT2D eigenvalue weighted by atomic mass is 32.1. The molecule has 1 aromatic carbocycles. The number of aryl methyl sites for hydroxylation is 1. The molecule has 1 aliphatic rings. The molecule has 3 rings (SSSR count). The number of nitrogens with one attached hydrogen (secondary N) is 1. The predicted octanol–water partition coefficient (Wildman–Crippen LogP) is 2.41. The van der Waals surface area contributed by atoms with Crippen molar-refractivity contribution < 1.29 is 14.3 Å². The van der Waals surface area contributed by atoms with Crippen molar-refractivity contribution in [3.63, 3.8) is 0 Å². The summed E-state index contributed by atoms with van der Waals surface area (Å²) >= 11 is 1.15. The molecule has 23 heavy (non-hydrogen) atoms. The van der Waals surface area contributed by atoms with Crippen LogP contribution in [0, 0.1) is 6.92 Å². The molecule has 0 atom stereocenters. The molecule has 1 aromatic heterocycles. The Labute approximate surface area is 137 Å². The SMILES string of the molecule is Cc1csc(=O)n1CCC(=O)Nc1ccc2c(c1)OCCCO2. The molecule has 0 bridgehead atoms. The number of rotatable bonds is 4. The Balaban J connectivity index is 1.62. The van der Waals surface area contributed by atoms with Crippen LogP contribution in [0.5, 0.6) is 11.5 Å². The molecule has 122 valence electrons. The lowest BCUT2D eigenvalue weighted by Crippen LogP contribution is -2.20. The van der Waals surface area contributed by atoms with E-state index in [1.54, 1.807) is 28.1 Å². The van der Waals surface area contributed by atoms with Crippen molar-refractivity contribution >= 4 is 22.9 Å². The highest BCUT2D eigenvalue weighted by Crippen LogP contribution is 2.32. The zero-order valence-electron chi connectivity index (χ0n) is 12.8. The number of thiazole rings is 1. The maximum atomic E-state index is 12.1. The Bertz CT molecular complexity index is 766. The van der Waals surface area contributed by atoms with E-state index in [4.69, 9.17) is 9.47 Å². The van der Waals surface area contributed by atoms with Crippen molar-refractivity contribution in [3.05, 3.63) is 38.9 Å². The third kappa shape index (κ3) is 3.73. The molecule has 1 N–H and O–H groups in total. The van der Waals surface area contributed by atoms with Gasteiger partial charge in [0.25, 0.3) is 0 Å². The molecule has 0 aliphatic carbocycles. The van der Waals surface area contributed by atoms with E-state index in [1.165, 1.54) is 0 Å². The van der Waals surface area contributed by atoms with E-state index in [-0.39, 0.29) is 17.2 Å². The molecule has 0 spiro atoms. The van der Waals surface area contributed by atoms with Crippen LogP contribution in [0.2, 0.25) is 0 Å². The molecule has 0 radical (unpaired) electrons. The van der Waals surface area contributed by atoms with Gasteiger partial charge in [0.15, 0.2) is 11.5 Å². The summed E-state index contributed by atoms with van der Waals surface area (Å²) in [5.74, 6) is 1.20. The minimum absolute atomic E-state index is 0.0362. The lowest BCUT2D eigenvalue weighted by Gasteiger charge is -2.10.